The Hall–Kier alpha value is -5.97. The number of urea groups is 1. The van der Waals surface area contributed by atoms with E-state index in [0.717, 1.165) is 82.5 Å². The Bertz CT molecular complexity index is 2530. The molecule has 19 heteroatoms. The van der Waals surface area contributed by atoms with Gasteiger partial charge < -0.3 is 24.6 Å². The number of imide groups is 1. The monoisotopic (exact) mass is 836 g/mol. The Labute approximate surface area is 349 Å². The van der Waals surface area contributed by atoms with Gasteiger partial charge in [-0.05, 0) is 69.1 Å². The summed E-state index contributed by atoms with van der Waals surface area (Å²) in [6.07, 6.45) is 12.2. The second kappa shape index (κ2) is 16.5. The van der Waals surface area contributed by atoms with Crippen LogP contribution in [-0.4, -0.2) is 121 Å². The number of likely N-dealkylation sites (tertiary alicyclic amines) is 1. The summed E-state index contributed by atoms with van der Waals surface area (Å²) in [4.78, 5) is 52.7. The number of rotatable bonds is 10. The van der Waals surface area contributed by atoms with E-state index in [1.54, 1.807) is 27.7 Å². The Kier molecular flexibility index (Phi) is 10.6. The minimum Gasteiger partial charge on any atom is -0.374 e. The van der Waals surface area contributed by atoms with Crippen molar-refractivity contribution >= 4 is 46.5 Å². The number of pyridine rings is 1. The Morgan fingerprint density at radius 2 is 1.90 bits per heavy atom. The smallest absolute Gasteiger partial charge is 0.329 e. The number of alkyl halides is 2. The van der Waals surface area contributed by atoms with Gasteiger partial charge in [0.15, 0.2) is 11.3 Å². The van der Waals surface area contributed by atoms with Crippen molar-refractivity contribution in [1.82, 2.24) is 44.0 Å². The normalized spacial score (nSPS) is 23.6. The molecule has 5 aromatic rings. The maximum atomic E-state index is 14.3. The number of imidazole rings is 1. The van der Waals surface area contributed by atoms with Crippen molar-refractivity contribution in [1.29, 1.82) is 0 Å². The number of amides is 4. The van der Waals surface area contributed by atoms with E-state index in [1.807, 2.05) is 24.4 Å². The van der Waals surface area contributed by atoms with Gasteiger partial charge in [0, 0.05) is 63.3 Å². The molecule has 1 saturated carbocycles. The molecule has 5 fully saturated rings. The van der Waals surface area contributed by atoms with Crippen LogP contribution in [0.5, 0.6) is 0 Å². The van der Waals surface area contributed by atoms with E-state index >= 15 is 0 Å². The third-order valence-corrected chi connectivity index (χ3v) is 12.7. The van der Waals surface area contributed by atoms with E-state index in [2.05, 4.69) is 47.5 Å². The van der Waals surface area contributed by atoms with Gasteiger partial charge in [-0.15, -0.1) is 0 Å². The number of ether oxygens (including phenoxy) is 2. The molecule has 4 amide bonds. The first-order chi connectivity index (χ1) is 29.7. The fourth-order valence-electron chi connectivity index (χ4n) is 9.44. The summed E-state index contributed by atoms with van der Waals surface area (Å²) in [7, 11) is 0. The molecule has 4 saturated heterocycles. The molecule has 318 valence electrons. The third-order valence-electron chi connectivity index (χ3n) is 12.7. The minimum atomic E-state index is -2.85. The Morgan fingerprint density at radius 1 is 1.05 bits per heavy atom. The second-order valence-corrected chi connectivity index (χ2v) is 16.6. The zero-order valence-electron chi connectivity index (χ0n) is 33.5. The highest BCUT2D eigenvalue weighted by atomic mass is 19.3. The first-order valence-electron chi connectivity index (χ1n) is 21.0. The van der Waals surface area contributed by atoms with Gasteiger partial charge in [0.2, 0.25) is 5.91 Å². The number of piperidine rings is 1. The van der Waals surface area contributed by atoms with E-state index < -0.39 is 24.1 Å². The molecule has 0 unspecified atom stereocenters. The van der Waals surface area contributed by atoms with Crippen LogP contribution in [0.2, 0.25) is 0 Å². The molecular formula is C42H46F2N12O5. The van der Waals surface area contributed by atoms with E-state index in [9.17, 15) is 23.2 Å². The van der Waals surface area contributed by atoms with Crippen LogP contribution >= 0.6 is 0 Å². The lowest BCUT2D eigenvalue weighted by Gasteiger charge is -2.36. The summed E-state index contributed by atoms with van der Waals surface area (Å²) in [6.45, 7) is 4.88. The number of hydrogen-bond acceptors (Lipinski definition) is 11. The molecule has 5 aromatic heterocycles. The molecule has 0 aromatic carbocycles. The molecule has 1 aliphatic carbocycles. The molecule has 10 rings (SSSR count). The maximum absolute atomic E-state index is 14.3. The lowest BCUT2D eigenvalue weighted by Crippen LogP contribution is -2.50. The van der Waals surface area contributed by atoms with Gasteiger partial charge in [0.05, 0.1) is 49.0 Å². The van der Waals surface area contributed by atoms with E-state index in [0.29, 0.717) is 42.8 Å². The molecule has 2 bridgehead atoms. The number of carbonyl (C=O) groups excluding carboxylic acids is 3. The van der Waals surface area contributed by atoms with Crippen molar-refractivity contribution in [3.63, 3.8) is 0 Å². The van der Waals surface area contributed by atoms with E-state index in [4.69, 9.17) is 14.5 Å². The standard InChI is InChI=1S/C42H46F2N12O5/c43-39(44)38-33(47-41(58)32-20-46-55-16-10-34(48-40(32)55)54-23-31-19-29(54)25-61-31)24-56(50-38)28-5-3-27(4-6-28)22-51-12-8-30(9-13-51)60-17-1-2-26-7-14-52-35(18-26)45-21-37(52)53-15-11-36(57)49-42(53)59/h7,10,14,16,18,20-21,24,27-31,39H,3-6,8-9,11-13,15,17,19,22-23,25H2,(H,47,58)(H,49,57,59)/t27?,28?,29-,31-/m1/s1. The van der Waals surface area contributed by atoms with Crippen molar-refractivity contribution in [3.8, 4) is 11.8 Å². The van der Waals surface area contributed by atoms with Crippen LogP contribution in [0.4, 0.5) is 30.9 Å². The Balaban J connectivity index is 0.680. The van der Waals surface area contributed by atoms with Gasteiger partial charge >= 0.3 is 6.03 Å². The average molecular weight is 837 g/mol. The van der Waals surface area contributed by atoms with E-state index in [-0.39, 0.29) is 47.9 Å². The summed E-state index contributed by atoms with van der Waals surface area (Å²) in [5.74, 6) is 7.26. The predicted octanol–water partition coefficient (Wildman–Crippen LogP) is 4.45. The molecule has 4 aliphatic heterocycles. The van der Waals surface area contributed by atoms with E-state index in [1.165, 1.54) is 15.6 Å². The van der Waals surface area contributed by atoms with Crippen LogP contribution in [0.3, 0.4) is 0 Å². The van der Waals surface area contributed by atoms with Crippen molar-refractivity contribution in [2.24, 2.45) is 5.92 Å². The molecule has 5 aliphatic rings. The number of hydrogen-bond donors (Lipinski definition) is 2. The van der Waals surface area contributed by atoms with Crippen LogP contribution in [0.15, 0.2) is 49.2 Å². The van der Waals surface area contributed by atoms with Crippen molar-refractivity contribution in [2.75, 3.05) is 61.1 Å². The average Bonchev–Trinajstić information content (AvgIpc) is 4.12. The Morgan fingerprint density at radius 3 is 2.67 bits per heavy atom. The van der Waals surface area contributed by atoms with Gasteiger partial charge in [-0.3, -0.25) is 28.9 Å². The van der Waals surface area contributed by atoms with Gasteiger partial charge in [0.1, 0.15) is 29.5 Å². The van der Waals surface area contributed by atoms with Crippen molar-refractivity contribution in [3.05, 3.63) is 66.0 Å². The van der Waals surface area contributed by atoms with Crippen molar-refractivity contribution in [2.45, 2.75) is 82.1 Å². The molecule has 61 heavy (non-hydrogen) atoms. The quantitative estimate of drug-likeness (QED) is 0.191. The second-order valence-electron chi connectivity index (χ2n) is 16.6. The first-order valence-corrected chi connectivity index (χ1v) is 21.0. The number of aromatic nitrogens is 7. The lowest BCUT2D eigenvalue weighted by atomic mass is 9.85. The van der Waals surface area contributed by atoms with Crippen LogP contribution < -0.4 is 20.4 Å². The molecular weight excluding hydrogens is 791 g/mol. The molecule has 17 nitrogen and oxygen atoms in total. The van der Waals surface area contributed by atoms with Crippen LogP contribution in [0, 0.1) is 17.8 Å². The molecule has 2 atom stereocenters. The summed E-state index contributed by atoms with van der Waals surface area (Å²) < 4.78 is 45.3. The minimum absolute atomic E-state index is 0.000766. The summed E-state index contributed by atoms with van der Waals surface area (Å²) in [5, 5.41) is 13.6. The number of anilines is 3. The summed E-state index contributed by atoms with van der Waals surface area (Å²) in [5.41, 5.74) is 1.55. The molecule has 9 heterocycles. The largest absolute Gasteiger partial charge is 0.374 e. The predicted molar refractivity (Wildman–Crippen MR) is 218 cm³/mol. The zero-order valence-corrected chi connectivity index (χ0v) is 33.5. The fraction of sp³-hybridized carbons (Fsp3) is 0.500. The van der Waals surface area contributed by atoms with Crippen molar-refractivity contribution < 1.29 is 32.6 Å². The molecule has 0 spiro atoms. The number of carbonyl (C=O) groups is 3. The van der Waals surface area contributed by atoms with Gasteiger partial charge in [0.25, 0.3) is 12.3 Å². The number of morpholine rings is 1. The highest BCUT2D eigenvalue weighted by molar-refractivity contribution is 6.08. The highest BCUT2D eigenvalue weighted by Crippen LogP contribution is 2.36. The SMILES string of the molecule is O=C1CCN(c2cnc3cc(C#CCOC4CCN(CC5CCC(n6cc(NC(=O)c7cnn8ccc(N9C[C@H]%10C[C@@H]9CO%10)nc78)c(C(F)F)n6)CC5)CC4)ccn23)C(=O)N1. The van der Waals surface area contributed by atoms with Gasteiger partial charge in [-0.25, -0.2) is 28.1 Å². The maximum Gasteiger partial charge on any atom is 0.329 e. The third kappa shape index (κ3) is 8.02. The van der Waals surface area contributed by atoms with Gasteiger partial charge in [-0.1, -0.05) is 11.8 Å². The fourth-order valence-corrected chi connectivity index (χ4v) is 9.44. The first kappa shape index (κ1) is 39.2. The van der Waals surface area contributed by atoms with Gasteiger partial charge in [-0.2, -0.15) is 10.2 Å². The summed E-state index contributed by atoms with van der Waals surface area (Å²) >= 11 is 0. The van der Waals surface area contributed by atoms with Crippen LogP contribution in [-0.2, 0) is 14.3 Å². The topological polar surface area (TPSA) is 169 Å². The zero-order chi connectivity index (χ0) is 41.6. The number of nitrogens with one attached hydrogen (secondary N) is 2. The number of fused-ring (bicyclic) bond motifs is 4. The number of nitrogens with zero attached hydrogens (tertiary/aromatic N) is 10. The highest BCUT2D eigenvalue weighted by Gasteiger charge is 2.40. The summed E-state index contributed by atoms with van der Waals surface area (Å²) in [6, 6.07) is 5.34. The van der Waals surface area contributed by atoms with Crippen LogP contribution in [0.25, 0.3) is 11.3 Å². The number of halogens is 2. The molecule has 0 radical (unpaired) electrons. The van der Waals surface area contributed by atoms with Crippen LogP contribution in [0.1, 0.15) is 85.4 Å². The molecule has 2 N–H and O–H groups in total. The lowest BCUT2D eigenvalue weighted by molar-refractivity contribution is -0.120.